The van der Waals surface area contributed by atoms with Crippen molar-refractivity contribution in [1.29, 1.82) is 0 Å². The van der Waals surface area contributed by atoms with Crippen molar-refractivity contribution in [2.24, 2.45) is 16.8 Å². The molecule has 0 spiro atoms. The third-order valence-corrected chi connectivity index (χ3v) is 15.5. The molecule has 4 atom stereocenters. The van der Waals surface area contributed by atoms with Gasteiger partial charge in [0.1, 0.15) is 18.2 Å². The van der Waals surface area contributed by atoms with E-state index in [1.807, 2.05) is 0 Å². The van der Waals surface area contributed by atoms with Crippen LogP contribution in [0.3, 0.4) is 0 Å². The van der Waals surface area contributed by atoms with Gasteiger partial charge in [-0.25, -0.2) is 4.99 Å². The van der Waals surface area contributed by atoms with E-state index in [1.54, 1.807) is 0 Å². The van der Waals surface area contributed by atoms with Gasteiger partial charge in [0.2, 0.25) is 0 Å². The number of nitrogens with zero attached hydrogens (tertiary/aromatic N) is 3. The Balaban J connectivity index is 0.938. The van der Waals surface area contributed by atoms with Gasteiger partial charge in [-0.2, -0.15) is 0 Å². The van der Waals surface area contributed by atoms with Crippen molar-refractivity contribution in [3.8, 4) is 11.1 Å². The number of amidine groups is 1. The van der Waals surface area contributed by atoms with Gasteiger partial charge in [0.25, 0.3) is 0 Å². The molecule has 6 aromatic carbocycles. The summed E-state index contributed by atoms with van der Waals surface area (Å²) in [6, 6.07) is 47.9. The fraction of sp³-hybridized carbons (Fsp3) is 0.197. The quantitative estimate of drug-likeness (QED) is 0.181. The maximum atomic E-state index is 5.59. The van der Waals surface area contributed by atoms with Crippen molar-refractivity contribution >= 4 is 51.0 Å². The minimum atomic E-state index is -0.189. The zero-order valence-electron chi connectivity index (χ0n) is 37.1. The molecule has 0 saturated carbocycles. The lowest BCUT2D eigenvalue weighted by molar-refractivity contribution is 0.339. The van der Waals surface area contributed by atoms with Crippen LogP contribution in [0.4, 0.5) is 5.69 Å². The van der Waals surface area contributed by atoms with Crippen LogP contribution in [0, 0.1) is 11.8 Å². The number of rotatable bonds is 5. The molecule has 4 unspecified atom stereocenters. The molecule has 0 amide bonds. The van der Waals surface area contributed by atoms with Crippen LogP contribution in [0.5, 0.6) is 0 Å². The molecule has 2 aliphatic heterocycles. The van der Waals surface area contributed by atoms with Crippen LogP contribution in [0.15, 0.2) is 186 Å². The second-order valence-electron chi connectivity index (χ2n) is 19.1. The number of hydrogen-bond acceptors (Lipinski definition) is 4. The molecule has 5 nitrogen and oxygen atoms in total. The number of para-hydroxylation sites is 2. The third-order valence-electron chi connectivity index (χ3n) is 15.5. The maximum Gasteiger partial charge on any atom is 0.132 e. The molecule has 14 rings (SSSR count). The van der Waals surface area contributed by atoms with Gasteiger partial charge in [0, 0.05) is 62.3 Å². The molecule has 5 heteroatoms. The van der Waals surface area contributed by atoms with Crippen molar-refractivity contribution in [3.63, 3.8) is 0 Å². The van der Waals surface area contributed by atoms with Crippen LogP contribution in [-0.2, 0) is 25.7 Å². The standard InChI is InChI=1S/C61H51N5/c1-2-18-39(19-3-1)59-62-60(64-61(63-59)49-36-42-22-7-8-23-43(42)45-25-10-11-26-46(45)49)48-28-13-15-30-52(48)66-54-32-16-31-53(58(54)50-35-40-20-4-5-21-41(40)37-56(50)66)65-51-29-14-12-27-47(51)57-44-24-9-6-17-38(44)33-34-55(57)65/h1-6,8-15,17-18,20-21,23-31,36-37,39,50,59-60,62H,7,16,19,22,32-35H2,(H,63,64). The van der Waals surface area contributed by atoms with Crippen molar-refractivity contribution in [1.82, 2.24) is 15.2 Å². The first kappa shape index (κ1) is 38.1. The van der Waals surface area contributed by atoms with Gasteiger partial charge in [0.15, 0.2) is 0 Å². The molecule has 2 N–H and O–H groups in total. The van der Waals surface area contributed by atoms with Gasteiger partial charge in [-0.3, -0.25) is 5.32 Å². The molecule has 7 aromatic rings. The predicted octanol–water partition coefficient (Wildman–Crippen LogP) is 13.2. The predicted molar refractivity (Wildman–Crippen MR) is 273 cm³/mol. The van der Waals surface area contributed by atoms with Crippen molar-refractivity contribution in [2.75, 3.05) is 4.90 Å². The number of fused-ring (bicyclic) bond motifs is 11. The second-order valence-corrected chi connectivity index (χ2v) is 19.1. The first-order chi connectivity index (χ1) is 32.7. The summed E-state index contributed by atoms with van der Waals surface area (Å²) in [5.41, 5.74) is 21.8. The summed E-state index contributed by atoms with van der Waals surface area (Å²) in [5, 5.41) is 12.1. The Bertz CT molecular complexity index is 3420. The van der Waals surface area contributed by atoms with E-state index in [-0.39, 0.29) is 24.2 Å². The highest BCUT2D eigenvalue weighted by atomic mass is 15.3. The maximum absolute atomic E-state index is 5.59. The van der Waals surface area contributed by atoms with Crippen LogP contribution in [-0.4, -0.2) is 16.6 Å². The molecule has 7 aliphatic rings. The highest BCUT2D eigenvalue weighted by Crippen LogP contribution is 2.55. The summed E-state index contributed by atoms with van der Waals surface area (Å²) in [4.78, 5) is 8.29. The monoisotopic (exact) mass is 853 g/mol. The zero-order chi connectivity index (χ0) is 43.3. The van der Waals surface area contributed by atoms with Crippen molar-refractivity contribution < 1.29 is 0 Å². The molecule has 0 bridgehead atoms. The van der Waals surface area contributed by atoms with Crippen LogP contribution >= 0.6 is 0 Å². The van der Waals surface area contributed by atoms with Gasteiger partial charge >= 0.3 is 0 Å². The molecular formula is C61H51N5. The minimum absolute atomic E-state index is 0.111. The largest absolute Gasteiger partial charge is 0.350 e. The second kappa shape index (κ2) is 15.2. The number of aliphatic imine (C=N–C) groups is 1. The average Bonchev–Trinajstić information content (AvgIpc) is 3.90. The van der Waals surface area contributed by atoms with E-state index >= 15 is 0 Å². The van der Waals surface area contributed by atoms with Crippen LogP contribution < -0.4 is 15.5 Å². The van der Waals surface area contributed by atoms with E-state index in [4.69, 9.17) is 4.99 Å². The van der Waals surface area contributed by atoms with E-state index in [0.29, 0.717) is 0 Å². The Morgan fingerprint density at radius 1 is 0.667 bits per heavy atom. The van der Waals surface area contributed by atoms with Crippen LogP contribution in [0.2, 0.25) is 0 Å². The SMILES string of the molecule is C1=CCC(C2N=C(c3cc4c(c5ccccc35)C=CCC4)NC(c3ccccc3N3C4=Cc5ccccc5CC4C4=C3CCC=C4n3c4c(c5ccccc53)-c3ccccc3CC4)N2)C=C1. The molecule has 0 fully saturated rings. The number of hydrogen-bond donors (Lipinski definition) is 2. The lowest BCUT2D eigenvalue weighted by Gasteiger charge is -2.38. The van der Waals surface area contributed by atoms with Gasteiger partial charge in [-0.05, 0) is 120 Å². The Morgan fingerprint density at radius 2 is 1.48 bits per heavy atom. The van der Waals surface area contributed by atoms with Crippen molar-refractivity contribution in [2.45, 2.75) is 63.7 Å². The molecule has 0 radical (unpaired) electrons. The Morgan fingerprint density at radius 3 is 2.41 bits per heavy atom. The van der Waals surface area contributed by atoms with Crippen LogP contribution in [0.25, 0.3) is 50.7 Å². The minimum Gasteiger partial charge on any atom is -0.350 e. The number of allylic oxidation sites excluding steroid dienone is 8. The van der Waals surface area contributed by atoms with E-state index in [9.17, 15) is 0 Å². The summed E-state index contributed by atoms with van der Waals surface area (Å²) in [6.07, 6.45) is 26.5. The lowest BCUT2D eigenvalue weighted by Crippen LogP contribution is -2.51. The van der Waals surface area contributed by atoms with E-state index in [1.165, 1.54) is 106 Å². The van der Waals surface area contributed by atoms with Gasteiger partial charge < -0.3 is 14.8 Å². The summed E-state index contributed by atoms with van der Waals surface area (Å²) in [6.45, 7) is 0. The fourth-order valence-electron chi connectivity index (χ4n) is 12.6. The highest BCUT2D eigenvalue weighted by Gasteiger charge is 2.44. The molecule has 0 saturated heterocycles. The highest BCUT2D eigenvalue weighted by molar-refractivity contribution is 6.12. The van der Waals surface area contributed by atoms with E-state index in [0.717, 1.165) is 57.2 Å². The Hall–Kier alpha value is -7.21. The topological polar surface area (TPSA) is 44.6 Å². The number of nitrogens with one attached hydrogen (secondary N) is 2. The molecule has 5 aliphatic carbocycles. The summed E-state index contributed by atoms with van der Waals surface area (Å²) >= 11 is 0. The summed E-state index contributed by atoms with van der Waals surface area (Å²) in [7, 11) is 0. The van der Waals surface area contributed by atoms with Gasteiger partial charge in [0.05, 0.1) is 11.2 Å². The van der Waals surface area contributed by atoms with Crippen LogP contribution in [0.1, 0.15) is 76.5 Å². The number of benzene rings is 6. The summed E-state index contributed by atoms with van der Waals surface area (Å²) in [5.74, 6) is 1.42. The first-order valence-corrected chi connectivity index (χ1v) is 24.2. The molecule has 320 valence electrons. The lowest BCUT2D eigenvalue weighted by atomic mass is 9.81. The van der Waals surface area contributed by atoms with E-state index < -0.39 is 0 Å². The van der Waals surface area contributed by atoms with Gasteiger partial charge in [-0.15, -0.1) is 0 Å². The Kier molecular flexibility index (Phi) is 8.76. The zero-order valence-corrected chi connectivity index (χ0v) is 37.1. The molecule has 1 aromatic heterocycles. The number of anilines is 1. The fourth-order valence-corrected chi connectivity index (χ4v) is 12.6. The smallest absolute Gasteiger partial charge is 0.132 e. The van der Waals surface area contributed by atoms with E-state index in [2.05, 4.69) is 196 Å². The molecular weight excluding hydrogens is 803 g/mol. The normalized spacial score (nSPS) is 22.4. The van der Waals surface area contributed by atoms with Gasteiger partial charge in [-0.1, -0.05) is 152 Å². The van der Waals surface area contributed by atoms with Crippen molar-refractivity contribution in [3.05, 3.63) is 225 Å². The molecule has 3 heterocycles. The Labute approximate surface area is 386 Å². The first-order valence-electron chi connectivity index (χ1n) is 24.2. The number of aromatic nitrogens is 1. The summed E-state index contributed by atoms with van der Waals surface area (Å²) < 4.78 is 2.69. The number of aryl methyl sites for hydroxylation is 2. The average molecular weight is 854 g/mol. The molecule has 66 heavy (non-hydrogen) atoms. The third kappa shape index (κ3) is 5.85.